The predicted octanol–water partition coefficient (Wildman–Crippen LogP) is 8.50. The quantitative estimate of drug-likeness (QED) is 0.136. The molecule has 0 amide bonds. The van der Waals surface area contributed by atoms with Crippen LogP contribution in [0.2, 0.25) is 5.02 Å². The molecule has 1 aliphatic rings. The lowest BCUT2D eigenvalue weighted by Gasteiger charge is -2.17. The van der Waals surface area contributed by atoms with Gasteiger partial charge in [-0.15, -0.1) is 12.4 Å². The molecule has 0 saturated heterocycles. The molecule has 43 heavy (non-hydrogen) atoms. The van der Waals surface area contributed by atoms with Gasteiger partial charge in [0.05, 0.1) is 22.0 Å². The molecule has 1 aromatic heterocycles. The van der Waals surface area contributed by atoms with Crippen LogP contribution in [0.25, 0.3) is 6.08 Å². The van der Waals surface area contributed by atoms with E-state index in [1.165, 1.54) is 6.33 Å². The number of ketones is 1. The maximum atomic E-state index is 12.2. The Labute approximate surface area is 265 Å². The topological polar surface area (TPSA) is 106 Å². The van der Waals surface area contributed by atoms with Crippen LogP contribution >= 0.6 is 24.0 Å². The summed E-state index contributed by atoms with van der Waals surface area (Å²) < 4.78 is 6.10. The average Bonchev–Trinajstić information content (AvgIpc) is 3.33. The number of ether oxygens (including phenoxy) is 1. The minimum Gasteiger partial charge on any atom is -0.456 e. The fourth-order valence-electron chi connectivity index (χ4n) is 4.69. The van der Waals surface area contributed by atoms with E-state index >= 15 is 0 Å². The Hall–Kier alpha value is -3.46. The second kappa shape index (κ2) is 15.3. The fraction of sp³-hybridized carbons (Fsp3) is 0.394. The molecule has 10 heteroatoms. The summed E-state index contributed by atoms with van der Waals surface area (Å²) in [7, 11) is 0. The molecule has 0 saturated carbocycles. The van der Waals surface area contributed by atoms with Crippen molar-refractivity contribution in [1.29, 1.82) is 0 Å². The van der Waals surface area contributed by atoms with E-state index in [9.17, 15) is 9.90 Å². The molecule has 0 radical (unpaired) electrons. The Kier molecular flexibility index (Phi) is 12.1. The van der Waals surface area contributed by atoms with Gasteiger partial charge in [-0.2, -0.15) is 0 Å². The largest absolute Gasteiger partial charge is 0.456 e. The zero-order valence-electron chi connectivity index (χ0n) is 25.3. The van der Waals surface area contributed by atoms with Crippen molar-refractivity contribution >= 4 is 53.1 Å². The van der Waals surface area contributed by atoms with Crippen molar-refractivity contribution in [2.45, 2.75) is 71.8 Å². The lowest BCUT2D eigenvalue weighted by Crippen LogP contribution is -2.23. The zero-order valence-corrected chi connectivity index (χ0v) is 26.8. The molecular weight excluding hydrogens is 587 g/mol. The highest BCUT2D eigenvalue weighted by atomic mass is 35.5. The third kappa shape index (κ3) is 10.1. The van der Waals surface area contributed by atoms with Gasteiger partial charge >= 0.3 is 0 Å². The first-order valence-corrected chi connectivity index (χ1v) is 14.6. The maximum absolute atomic E-state index is 12.2. The zero-order chi connectivity index (χ0) is 30.3. The number of hydrogen-bond donors (Lipinski definition) is 2. The summed E-state index contributed by atoms with van der Waals surface area (Å²) in [6.45, 7) is 9.92. The standard InChI is InChI=1S/C33H39ClN4O4.ClH/c1-21(2)19-41-38-22(3)24-9-7-11-27(16-24)42-30-15-13-25(17-28(30)34)37-32-31-23(12-14-29(31)35-20-36-32)8-6-10-26(39)18-33(4,5)40;/h7,9,11-17,20-21,23,40H,6,8,10,18-19H2,1-5H3,(H,35,36,37);1H/b38-22+;. The van der Waals surface area contributed by atoms with E-state index in [1.807, 2.05) is 49.4 Å². The van der Waals surface area contributed by atoms with Gasteiger partial charge in [0.2, 0.25) is 0 Å². The molecule has 1 heterocycles. The smallest absolute Gasteiger partial charge is 0.146 e. The number of carbonyl (C=O) groups is 1. The van der Waals surface area contributed by atoms with Crippen LogP contribution in [0.5, 0.6) is 11.5 Å². The second-order valence-corrected chi connectivity index (χ2v) is 12.1. The Morgan fingerprint density at radius 3 is 2.70 bits per heavy atom. The van der Waals surface area contributed by atoms with Gasteiger partial charge in [-0.3, -0.25) is 4.79 Å². The van der Waals surface area contributed by atoms with Crippen LogP contribution in [0.1, 0.15) is 83.0 Å². The number of rotatable bonds is 14. The van der Waals surface area contributed by atoms with Gasteiger partial charge in [0.25, 0.3) is 0 Å². The van der Waals surface area contributed by atoms with Crippen LogP contribution in [-0.4, -0.2) is 38.8 Å². The average molecular weight is 628 g/mol. The minimum absolute atomic E-state index is 0. The Balaban J connectivity index is 0.00000506. The number of nitrogens with one attached hydrogen (secondary N) is 1. The minimum atomic E-state index is -0.982. The molecule has 0 fully saturated rings. The second-order valence-electron chi connectivity index (χ2n) is 11.7. The summed E-state index contributed by atoms with van der Waals surface area (Å²) in [5.41, 5.74) is 3.29. The lowest BCUT2D eigenvalue weighted by atomic mass is 9.94. The van der Waals surface area contributed by atoms with E-state index in [4.69, 9.17) is 21.2 Å². The van der Waals surface area contributed by atoms with E-state index < -0.39 is 5.60 Å². The van der Waals surface area contributed by atoms with Gasteiger partial charge in [0, 0.05) is 35.6 Å². The monoisotopic (exact) mass is 626 g/mol. The number of anilines is 2. The molecule has 0 aliphatic heterocycles. The predicted molar refractivity (Wildman–Crippen MR) is 175 cm³/mol. The fourth-order valence-corrected chi connectivity index (χ4v) is 4.91. The van der Waals surface area contributed by atoms with Crippen LogP contribution in [0.15, 0.2) is 60.0 Å². The van der Waals surface area contributed by atoms with Crippen LogP contribution in [0, 0.1) is 5.92 Å². The van der Waals surface area contributed by atoms with Gasteiger partial charge in [0.1, 0.15) is 36.0 Å². The van der Waals surface area contributed by atoms with Gasteiger partial charge in [0.15, 0.2) is 0 Å². The molecule has 1 atom stereocenters. The number of halogens is 2. The molecule has 1 aliphatic carbocycles. The van der Waals surface area contributed by atoms with Gasteiger partial charge in [-0.1, -0.05) is 48.8 Å². The van der Waals surface area contributed by atoms with Crippen molar-refractivity contribution in [2.75, 3.05) is 11.9 Å². The summed E-state index contributed by atoms with van der Waals surface area (Å²) in [5, 5.41) is 17.9. The number of hydrogen-bond acceptors (Lipinski definition) is 8. The van der Waals surface area contributed by atoms with Gasteiger partial charge in [-0.05, 0) is 75.9 Å². The first kappa shape index (κ1) is 34.0. The number of oxime groups is 1. The molecule has 3 aromatic rings. The molecule has 4 rings (SSSR count). The molecule has 0 bridgehead atoms. The van der Waals surface area contributed by atoms with E-state index in [-0.39, 0.29) is 30.5 Å². The highest BCUT2D eigenvalue weighted by Gasteiger charge is 2.24. The van der Waals surface area contributed by atoms with Crippen molar-refractivity contribution in [1.82, 2.24) is 9.97 Å². The third-order valence-electron chi connectivity index (χ3n) is 6.66. The third-order valence-corrected chi connectivity index (χ3v) is 6.95. The maximum Gasteiger partial charge on any atom is 0.146 e. The lowest BCUT2D eigenvalue weighted by molar-refractivity contribution is -0.122. The SMILES string of the molecule is C/C(=N\OCC(C)C)c1cccc(Oc2ccc(Nc3ncnc4c3C(CCCC(=O)CC(C)(C)O)C=C4)cc2Cl)c1.Cl. The summed E-state index contributed by atoms with van der Waals surface area (Å²) in [6.07, 6.45) is 7.72. The molecule has 2 N–H and O–H groups in total. The van der Waals surface area contributed by atoms with E-state index in [1.54, 1.807) is 19.9 Å². The van der Waals surface area contributed by atoms with Crippen molar-refractivity contribution in [3.63, 3.8) is 0 Å². The summed E-state index contributed by atoms with van der Waals surface area (Å²) >= 11 is 6.63. The Morgan fingerprint density at radius 1 is 1.19 bits per heavy atom. The van der Waals surface area contributed by atoms with Gasteiger partial charge in [-0.25, -0.2) is 9.97 Å². The van der Waals surface area contributed by atoms with Crippen molar-refractivity contribution in [3.05, 3.63) is 76.7 Å². The van der Waals surface area contributed by atoms with Crippen molar-refractivity contribution < 1.29 is 19.5 Å². The normalized spacial score (nSPS) is 14.3. The summed E-state index contributed by atoms with van der Waals surface area (Å²) in [4.78, 5) is 26.6. The van der Waals surface area contributed by atoms with E-state index in [0.717, 1.165) is 34.6 Å². The Morgan fingerprint density at radius 2 is 1.98 bits per heavy atom. The first-order chi connectivity index (χ1) is 20.0. The molecule has 230 valence electrons. The number of aliphatic hydroxyl groups is 1. The molecule has 1 unspecified atom stereocenters. The number of Topliss-reactive ketones (excluding diaryl/α,β-unsaturated/α-hetero) is 1. The molecule has 0 spiro atoms. The number of aromatic nitrogens is 2. The number of fused-ring (bicyclic) bond motifs is 1. The number of carbonyl (C=O) groups excluding carboxylic acids is 1. The van der Waals surface area contributed by atoms with Crippen LogP contribution in [0.3, 0.4) is 0 Å². The number of allylic oxidation sites excluding steroid dienone is 1. The van der Waals surface area contributed by atoms with Crippen LogP contribution in [-0.2, 0) is 9.63 Å². The van der Waals surface area contributed by atoms with Gasteiger partial charge < -0.3 is 20.0 Å². The first-order valence-electron chi connectivity index (χ1n) is 14.3. The van der Waals surface area contributed by atoms with Crippen molar-refractivity contribution in [3.8, 4) is 11.5 Å². The highest BCUT2D eigenvalue weighted by Crippen LogP contribution is 2.39. The molecular formula is C33H40Cl2N4O4. The highest BCUT2D eigenvalue weighted by molar-refractivity contribution is 6.32. The van der Waals surface area contributed by atoms with E-state index in [2.05, 4.69) is 40.4 Å². The number of benzene rings is 2. The molecule has 2 aromatic carbocycles. The van der Waals surface area contributed by atoms with Crippen molar-refractivity contribution in [2.24, 2.45) is 11.1 Å². The number of nitrogens with zero attached hydrogens (tertiary/aromatic N) is 3. The molecule has 8 nitrogen and oxygen atoms in total. The van der Waals surface area contributed by atoms with Crippen LogP contribution in [0.4, 0.5) is 11.5 Å². The summed E-state index contributed by atoms with van der Waals surface area (Å²) in [6, 6.07) is 13.1. The summed E-state index contributed by atoms with van der Waals surface area (Å²) in [5.74, 6) is 2.41. The van der Waals surface area contributed by atoms with E-state index in [0.29, 0.717) is 47.7 Å². The van der Waals surface area contributed by atoms with Crippen LogP contribution < -0.4 is 10.1 Å². The Bertz CT molecular complexity index is 1470.